The maximum absolute atomic E-state index is 12.0. The number of aliphatic hydroxyl groups is 7. The smallest absolute Gasteiger partial charge is 0.217 e. The highest BCUT2D eigenvalue weighted by Gasteiger charge is 2.54. The summed E-state index contributed by atoms with van der Waals surface area (Å²) in [5, 5.41) is 72.7. The zero-order valence-corrected chi connectivity index (χ0v) is 21.2. The first kappa shape index (κ1) is 30.8. The third kappa shape index (κ3) is 6.53. The molecule has 0 aromatic rings. The molecule has 0 saturated carbocycles. The lowest BCUT2D eigenvalue weighted by atomic mass is 9.94. The lowest BCUT2D eigenvalue weighted by Gasteiger charge is -2.50. The van der Waals surface area contributed by atoms with Crippen molar-refractivity contribution in [2.45, 2.75) is 105 Å². The van der Waals surface area contributed by atoms with Crippen LogP contribution in [0.4, 0.5) is 0 Å². The molecule has 3 fully saturated rings. The van der Waals surface area contributed by atoms with Crippen LogP contribution in [0.3, 0.4) is 0 Å². The summed E-state index contributed by atoms with van der Waals surface area (Å²) in [7, 11) is 1.27. The van der Waals surface area contributed by atoms with Crippen LogP contribution in [0, 0.1) is 0 Å². The van der Waals surface area contributed by atoms with E-state index in [1.807, 2.05) is 0 Å². The molecule has 3 aliphatic rings. The fraction of sp³-hybridized carbons (Fsp3) is 0.952. The summed E-state index contributed by atoms with van der Waals surface area (Å²) in [5.41, 5.74) is 0. The van der Waals surface area contributed by atoms with Crippen molar-refractivity contribution < 1.29 is 69.0 Å². The maximum Gasteiger partial charge on any atom is 0.217 e. The average molecular weight is 562 g/mol. The van der Waals surface area contributed by atoms with Crippen LogP contribution in [0.1, 0.15) is 13.8 Å². The number of hydrogen-bond donors (Lipinski definition) is 8. The second-order valence-electron chi connectivity index (χ2n) is 9.22. The van der Waals surface area contributed by atoms with Crippen LogP contribution in [0.25, 0.3) is 0 Å². The highest BCUT2D eigenvalue weighted by molar-refractivity contribution is 6.21. The first-order valence-corrected chi connectivity index (χ1v) is 12.2. The predicted molar refractivity (Wildman–Crippen MR) is 120 cm³/mol. The lowest BCUT2D eigenvalue weighted by molar-refractivity contribution is -0.366. The van der Waals surface area contributed by atoms with E-state index >= 15 is 0 Å². The fourth-order valence-corrected chi connectivity index (χ4v) is 4.84. The molecule has 0 unspecified atom stereocenters. The molecule has 8 N–H and O–H groups in total. The number of nitrogens with one attached hydrogen (secondary N) is 1. The van der Waals surface area contributed by atoms with Crippen molar-refractivity contribution in [2.75, 3.05) is 20.3 Å². The largest absolute Gasteiger partial charge is 0.394 e. The van der Waals surface area contributed by atoms with E-state index < -0.39 is 110 Å². The van der Waals surface area contributed by atoms with E-state index in [-0.39, 0.29) is 0 Å². The van der Waals surface area contributed by atoms with Crippen LogP contribution in [0.5, 0.6) is 0 Å². The highest BCUT2D eigenvalue weighted by Crippen LogP contribution is 2.34. The third-order valence-electron chi connectivity index (χ3n) is 6.62. The molecule has 3 rings (SSSR count). The van der Waals surface area contributed by atoms with E-state index in [1.165, 1.54) is 21.0 Å². The first-order valence-electron chi connectivity index (χ1n) is 11.8. The number of carbonyl (C=O) groups is 1. The Balaban J connectivity index is 1.95. The molecule has 0 aliphatic carbocycles. The number of rotatable bonds is 8. The molecular formula is C21H36ClNO14. The number of halogens is 1. The monoisotopic (exact) mass is 561 g/mol. The number of aliphatic hydroxyl groups excluding tert-OH is 7. The molecule has 3 heterocycles. The van der Waals surface area contributed by atoms with Gasteiger partial charge in [0.05, 0.1) is 24.7 Å². The van der Waals surface area contributed by atoms with E-state index in [0.29, 0.717) is 0 Å². The Hall–Kier alpha value is -0.760. The van der Waals surface area contributed by atoms with Crippen molar-refractivity contribution in [3.8, 4) is 0 Å². The number of methoxy groups -OCH3 is 1. The number of ether oxygens (including phenoxy) is 6. The quantitative estimate of drug-likeness (QED) is 0.131. The Morgan fingerprint density at radius 1 is 0.811 bits per heavy atom. The van der Waals surface area contributed by atoms with E-state index in [4.69, 9.17) is 40.0 Å². The Morgan fingerprint density at radius 2 is 1.35 bits per heavy atom. The van der Waals surface area contributed by atoms with Gasteiger partial charge in [0.2, 0.25) is 5.91 Å². The van der Waals surface area contributed by atoms with Gasteiger partial charge in [-0.1, -0.05) is 0 Å². The van der Waals surface area contributed by atoms with E-state index in [0.717, 1.165) is 0 Å². The standard InChI is InChI=1S/C21H36ClNO14/c1-6-12(27)14(29)16(31)20(33-6)37-18-11(23-7(2)26)19(32-3)35-9(5-25)17(18)36-21-15(30)13(28)10(22)8(4-24)34-21/h6,8-21,24-25,27-31H,4-5H2,1-3H3,(H,23,26)/t6-,8+,9+,10-,11+,12+,13-,14+,15+,16-,17+,18+,19+,20-,21-/m0/s1. The average Bonchev–Trinajstić information content (AvgIpc) is 2.87. The van der Waals surface area contributed by atoms with Crippen LogP contribution in [-0.2, 0) is 33.2 Å². The van der Waals surface area contributed by atoms with Crippen molar-refractivity contribution in [2.24, 2.45) is 0 Å². The molecule has 1 amide bonds. The summed E-state index contributed by atoms with van der Waals surface area (Å²) in [6.45, 7) is 1.38. The van der Waals surface area contributed by atoms with Gasteiger partial charge < -0.3 is 69.5 Å². The van der Waals surface area contributed by atoms with Crippen LogP contribution in [0.15, 0.2) is 0 Å². The summed E-state index contributed by atoms with van der Waals surface area (Å²) >= 11 is 6.03. The Labute approximate surface area is 217 Å². The summed E-state index contributed by atoms with van der Waals surface area (Å²) in [5.74, 6) is -0.533. The Morgan fingerprint density at radius 3 is 1.92 bits per heavy atom. The van der Waals surface area contributed by atoms with Crippen LogP contribution in [0.2, 0.25) is 0 Å². The van der Waals surface area contributed by atoms with Crippen LogP contribution >= 0.6 is 11.6 Å². The van der Waals surface area contributed by atoms with E-state index in [1.54, 1.807) is 0 Å². The molecular weight excluding hydrogens is 526 g/mol. The second-order valence-corrected chi connectivity index (χ2v) is 9.73. The van der Waals surface area contributed by atoms with Crippen LogP contribution < -0.4 is 5.32 Å². The topological polar surface area (TPSA) is 226 Å². The Bertz CT molecular complexity index is 750. The number of amides is 1. The minimum atomic E-state index is -1.73. The van der Waals surface area contributed by atoms with Gasteiger partial charge in [-0.05, 0) is 6.92 Å². The van der Waals surface area contributed by atoms with Crippen LogP contribution in [-0.4, -0.2) is 153 Å². The molecule has 3 saturated heterocycles. The fourth-order valence-electron chi connectivity index (χ4n) is 4.56. The van der Waals surface area contributed by atoms with Crippen molar-refractivity contribution in [3.63, 3.8) is 0 Å². The highest BCUT2D eigenvalue weighted by atomic mass is 35.5. The normalized spacial score (nSPS) is 49.0. The summed E-state index contributed by atoms with van der Waals surface area (Å²) < 4.78 is 34.0. The molecule has 15 atom stereocenters. The lowest BCUT2D eigenvalue weighted by Crippen LogP contribution is -2.69. The van der Waals surface area contributed by atoms with Gasteiger partial charge in [0.25, 0.3) is 0 Å². The van der Waals surface area contributed by atoms with Gasteiger partial charge in [0.1, 0.15) is 61.0 Å². The van der Waals surface area contributed by atoms with Gasteiger partial charge in [-0.15, -0.1) is 11.6 Å². The van der Waals surface area contributed by atoms with Gasteiger partial charge in [0.15, 0.2) is 18.9 Å². The first-order chi connectivity index (χ1) is 17.4. The Kier molecular flexibility index (Phi) is 10.9. The van der Waals surface area contributed by atoms with Gasteiger partial charge >= 0.3 is 0 Å². The number of hydrogen-bond acceptors (Lipinski definition) is 14. The zero-order valence-electron chi connectivity index (χ0n) is 20.4. The minimum Gasteiger partial charge on any atom is -0.394 e. The molecule has 37 heavy (non-hydrogen) atoms. The zero-order chi connectivity index (χ0) is 27.6. The number of alkyl halides is 1. The van der Waals surface area contributed by atoms with Gasteiger partial charge in [0, 0.05) is 14.0 Å². The predicted octanol–water partition coefficient (Wildman–Crippen LogP) is -4.50. The molecule has 0 spiro atoms. The van der Waals surface area contributed by atoms with Gasteiger partial charge in [-0.3, -0.25) is 4.79 Å². The summed E-state index contributed by atoms with van der Waals surface area (Å²) in [6.07, 6.45) is -18.4. The molecule has 15 nitrogen and oxygen atoms in total. The third-order valence-corrected chi connectivity index (χ3v) is 7.16. The second kappa shape index (κ2) is 13.1. The maximum atomic E-state index is 12.0. The summed E-state index contributed by atoms with van der Waals surface area (Å²) in [4.78, 5) is 12.0. The molecule has 3 aliphatic heterocycles. The van der Waals surface area contributed by atoms with Gasteiger partial charge in [-0.25, -0.2) is 0 Å². The molecule has 0 aromatic carbocycles. The SMILES string of the molecule is CO[C@@H]1O[C@H](CO)[C@@H](O[C@@H]2O[C@H](CO)[C@H](Cl)[C@H](O)[C@H]2O)[C@H](O[C@@H]2O[C@@H](C)[C@@H](O)[C@@H](O)[C@@H]2O)[C@H]1NC(C)=O. The van der Waals surface area contributed by atoms with E-state index in [2.05, 4.69) is 5.32 Å². The van der Waals surface area contributed by atoms with Crippen molar-refractivity contribution in [1.29, 1.82) is 0 Å². The molecule has 0 aromatic heterocycles. The van der Waals surface area contributed by atoms with Gasteiger partial charge in [-0.2, -0.15) is 0 Å². The van der Waals surface area contributed by atoms with Crippen molar-refractivity contribution in [1.82, 2.24) is 5.32 Å². The molecule has 0 radical (unpaired) electrons. The molecule has 0 bridgehead atoms. The molecule has 216 valence electrons. The van der Waals surface area contributed by atoms with Crippen molar-refractivity contribution in [3.05, 3.63) is 0 Å². The minimum absolute atomic E-state index is 0.533. The van der Waals surface area contributed by atoms with Crippen molar-refractivity contribution >= 4 is 17.5 Å². The molecule has 16 heteroatoms. The number of carbonyl (C=O) groups excluding carboxylic acids is 1. The summed E-state index contributed by atoms with van der Waals surface area (Å²) in [6, 6.07) is -1.15. The van der Waals surface area contributed by atoms with E-state index in [9.17, 15) is 40.5 Å².